The van der Waals surface area contributed by atoms with Crippen LogP contribution in [0.25, 0.3) is 0 Å². The molecule has 0 saturated carbocycles. The van der Waals surface area contributed by atoms with Crippen molar-refractivity contribution in [2.45, 2.75) is 26.3 Å². The Bertz CT molecular complexity index is 911. The Kier molecular flexibility index (Phi) is 9.15. The number of piperazine rings is 1. The van der Waals surface area contributed by atoms with Crippen LogP contribution in [0.15, 0.2) is 40.7 Å². The maximum absolute atomic E-state index is 13.2. The van der Waals surface area contributed by atoms with Gasteiger partial charge in [0, 0.05) is 62.8 Å². The zero-order valence-corrected chi connectivity index (χ0v) is 21.6. The summed E-state index contributed by atoms with van der Waals surface area (Å²) in [5, 5.41) is 5.47. The first-order valence-electron chi connectivity index (χ1n) is 11.0. The number of hydrogen-bond acceptors (Lipinski definition) is 4. The number of carbonyl (C=O) groups is 1. The summed E-state index contributed by atoms with van der Waals surface area (Å²) in [7, 11) is 0. The van der Waals surface area contributed by atoms with Gasteiger partial charge in [-0.15, -0.1) is 35.3 Å². The van der Waals surface area contributed by atoms with Crippen LogP contribution < -0.4 is 10.2 Å². The molecular formula is C23H31FIN5OS. The fraction of sp³-hybridized carbons (Fsp3) is 0.478. The van der Waals surface area contributed by atoms with Crippen molar-refractivity contribution in [2.75, 3.05) is 50.7 Å². The Morgan fingerprint density at radius 1 is 1.09 bits per heavy atom. The number of nitrogens with one attached hydrogen (secondary N) is 1. The number of fused-ring (bicyclic) bond motifs is 1. The lowest BCUT2D eigenvalue weighted by Gasteiger charge is -2.37. The Labute approximate surface area is 210 Å². The first kappa shape index (κ1) is 24.8. The summed E-state index contributed by atoms with van der Waals surface area (Å²) < 4.78 is 13.2. The molecule has 1 fully saturated rings. The number of guanidine groups is 1. The summed E-state index contributed by atoms with van der Waals surface area (Å²) in [6.45, 7) is 8.26. The summed E-state index contributed by atoms with van der Waals surface area (Å²) >= 11 is 1.79. The quantitative estimate of drug-likeness (QED) is 0.339. The number of halogens is 2. The molecule has 174 valence electrons. The van der Waals surface area contributed by atoms with E-state index in [1.54, 1.807) is 11.3 Å². The third kappa shape index (κ3) is 6.12. The maximum atomic E-state index is 13.2. The van der Waals surface area contributed by atoms with Gasteiger partial charge in [-0.05, 0) is 54.6 Å². The lowest BCUT2D eigenvalue weighted by molar-refractivity contribution is -0.131. The van der Waals surface area contributed by atoms with E-state index in [4.69, 9.17) is 4.99 Å². The molecule has 2 aliphatic heterocycles. The molecule has 3 heterocycles. The average molecular weight is 572 g/mol. The van der Waals surface area contributed by atoms with Crippen molar-refractivity contribution < 1.29 is 9.18 Å². The molecule has 1 amide bonds. The van der Waals surface area contributed by atoms with Gasteiger partial charge in [-0.2, -0.15) is 0 Å². The highest BCUT2D eigenvalue weighted by molar-refractivity contribution is 14.0. The van der Waals surface area contributed by atoms with Crippen LogP contribution in [0.2, 0.25) is 0 Å². The average Bonchev–Trinajstić information content (AvgIpc) is 3.27. The van der Waals surface area contributed by atoms with E-state index in [9.17, 15) is 9.18 Å². The molecule has 2 aliphatic rings. The molecule has 0 bridgehead atoms. The summed E-state index contributed by atoms with van der Waals surface area (Å²) in [6, 6.07) is 8.80. The van der Waals surface area contributed by atoms with Gasteiger partial charge in [-0.1, -0.05) is 0 Å². The molecule has 0 aliphatic carbocycles. The predicted octanol–water partition coefficient (Wildman–Crippen LogP) is 3.57. The molecule has 0 radical (unpaired) electrons. The second kappa shape index (κ2) is 11.8. The molecule has 0 spiro atoms. The van der Waals surface area contributed by atoms with Crippen LogP contribution in [-0.4, -0.2) is 67.5 Å². The Hall–Kier alpha value is -1.88. The minimum Gasteiger partial charge on any atom is -0.368 e. The van der Waals surface area contributed by atoms with Gasteiger partial charge in [0.15, 0.2) is 5.96 Å². The first-order chi connectivity index (χ1) is 15.1. The van der Waals surface area contributed by atoms with E-state index in [0.717, 1.165) is 63.9 Å². The number of anilines is 1. The normalized spacial score (nSPS) is 16.4. The number of amides is 1. The number of hydrogen-bond donors (Lipinski definition) is 1. The van der Waals surface area contributed by atoms with E-state index >= 15 is 0 Å². The Morgan fingerprint density at radius 2 is 1.84 bits per heavy atom. The van der Waals surface area contributed by atoms with Crippen LogP contribution in [0.4, 0.5) is 10.1 Å². The van der Waals surface area contributed by atoms with E-state index < -0.39 is 0 Å². The molecule has 4 rings (SSSR count). The van der Waals surface area contributed by atoms with Gasteiger partial charge < -0.3 is 20.0 Å². The van der Waals surface area contributed by atoms with Crippen molar-refractivity contribution in [3.63, 3.8) is 0 Å². The molecule has 0 unspecified atom stereocenters. The smallest absolute Gasteiger partial charge is 0.224 e. The third-order valence-electron chi connectivity index (χ3n) is 5.85. The van der Waals surface area contributed by atoms with Crippen molar-refractivity contribution in [2.24, 2.45) is 4.99 Å². The van der Waals surface area contributed by atoms with Crippen molar-refractivity contribution in [1.29, 1.82) is 0 Å². The third-order valence-corrected chi connectivity index (χ3v) is 6.88. The molecule has 1 aromatic heterocycles. The number of aliphatic imine (C=N–C) groups is 1. The lowest BCUT2D eigenvalue weighted by atomic mass is 10.1. The number of carbonyl (C=O) groups excluding carboxylic acids is 1. The van der Waals surface area contributed by atoms with Crippen LogP contribution in [0, 0.1) is 5.82 Å². The van der Waals surface area contributed by atoms with E-state index in [1.165, 1.54) is 22.6 Å². The highest BCUT2D eigenvalue weighted by Gasteiger charge is 2.22. The fourth-order valence-corrected chi connectivity index (χ4v) is 5.02. The fourth-order valence-electron chi connectivity index (χ4n) is 4.13. The van der Waals surface area contributed by atoms with E-state index in [-0.39, 0.29) is 35.7 Å². The Balaban J connectivity index is 0.00000289. The zero-order chi connectivity index (χ0) is 21.6. The van der Waals surface area contributed by atoms with Crippen LogP contribution in [0.1, 0.15) is 23.8 Å². The number of nitrogens with zero attached hydrogens (tertiary/aromatic N) is 4. The van der Waals surface area contributed by atoms with Crippen LogP contribution in [0.3, 0.4) is 0 Å². The summed E-state index contributed by atoms with van der Waals surface area (Å²) in [4.78, 5) is 25.3. The molecule has 1 aromatic carbocycles. The van der Waals surface area contributed by atoms with E-state index in [2.05, 4.69) is 33.5 Å². The molecule has 2 aromatic rings. The summed E-state index contributed by atoms with van der Waals surface area (Å²) in [5.74, 6) is 0.837. The first-order valence-corrected chi connectivity index (χ1v) is 11.9. The van der Waals surface area contributed by atoms with Gasteiger partial charge in [-0.25, -0.2) is 4.39 Å². The zero-order valence-electron chi connectivity index (χ0n) is 18.4. The highest BCUT2D eigenvalue weighted by Crippen LogP contribution is 2.24. The summed E-state index contributed by atoms with van der Waals surface area (Å²) in [5.41, 5.74) is 2.34. The van der Waals surface area contributed by atoms with Gasteiger partial charge in [-0.3, -0.25) is 9.79 Å². The molecule has 9 heteroatoms. The summed E-state index contributed by atoms with van der Waals surface area (Å²) in [6.07, 6.45) is 1.40. The van der Waals surface area contributed by atoms with Gasteiger partial charge in [0.25, 0.3) is 0 Å². The van der Waals surface area contributed by atoms with Crippen molar-refractivity contribution in [3.05, 3.63) is 52.0 Å². The second-order valence-electron chi connectivity index (χ2n) is 7.87. The van der Waals surface area contributed by atoms with Crippen molar-refractivity contribution in [3.8, 4) is 0 Å². The van der Waals surface area contributed by atoms with Gasteiger partial charge >= 0.3 is 0 Å². The number of rotatable bonds is 5. The van der Waals surface area contributed by atoms with Gasteiger partial charge in [0.2, 0.25) is 5.91 Å². The standard InChI is InChI=1S/C23H30FN5OS.HI/c1-2-25-23(28-14-12-27(13-15-28)20-5-3-19(24)4-6-20)26-10-7-22(30)29-11-8-21-18(17-29)9-16-31-21;/h3-6,9,16H,2,7-8,10-15,17H2,1H3,(H,25,26);1H. The van der Waals surface area contributed by atoms with Gasteiger partial charge in [0.05, 0.1) is 6.54 Å². The van der Waals surface area contributed by atoms with E-state index in [1.807, 2.05) is 17.0 Å². The highest BCUT2D eigenvalue weighted by atomic mass is 127. The van der Waals surface area contributed by atoms with E-state index in [0.29, 0.717) is 13.0 Å². The molecule has 6 nitrogen and oxygen atoms in total. The second-order valence-corrected chi connectivity index (χ2v) is 8.87. The maximum Gasteiger partial charge on any atom is 0.224 e. The minimum absolute atomic E-state index is 0. The number of benzene rings is 1. The molecule has 1 N–H and O–H groups in total. The molecule has 32 heavy (non-hydrogen) atoms. The van der Waals surface area contributed by atoms with Crippen LogP contribution in [0.5, 0.6) is 0 Å². The minimum atomic E-state index is -0.209. The monoisotopic (exact) mass is 571 g/mol. The van der Waals surface area contributed by atoms with Crippen LogP contribution >= 0.6 is 35.3 Å². The molecule has 0 atom stereocenters. The molecule has 1 saturated heterocycles. The van der Waals surface area contributed by atoms with Crippen LogP contribution in [-0.2, 0) is 17.8 Å². The lowest BCUT2D eigenvalue weighted by Crippen LogP contribution is -2.52. The van der Waals surface area contributed by atoms with Gasteiger partial charge in [0.1, 0.15) is 5.82 Å². The van der Waals surface area contributed by atoms with Crippen molar-refractivity contribution in [1.82, 2.24) is 15.1 Å². The number of thiophene rings is 1. The largest absolute Gasteiger partial charge is 0.368 e. The predicted molar refractivity (Wildman–Crippen MR) is 140 cm³/mol. The molecular weight excluding hydrogens is 540 g/mol. The Morgan fingerprint density at radius 3 is 2.56 bits per heavy atom. The topological polar surface area (TPSA) is 51.2 Å². The SMILES string of the molecule is CCNC(=NCCC(=O)N1CCc2sccc2C1)N1CCN(c2ccc(F)cc2)CC1.I. The van der Waals surface area contributed by atoms with Crippen molar-refractivity contribution >= 4 is 52.9 Å².